The summed E-state index contributed by atoms with van der Waals surface area (Å²) in [6.45, 7) is 3.62. The average Bonchev–Trinajstić information content (AvgIpc) is 2.80. The van der Waals surface area contributed by atoms with Gasteiger partial charge in [-0.1, -0.05) is 25.1 Å². The molecule has 0 fully saturated rings. The third-order valence-electron chi connectivity index (χ3n) is 5.54. The minimum absolute atomic E-state index is 0.0705. The number of ketones is 1. The number of hydrogen-bond donors (Lipinski definition) is 2. The van der Waals surface area contributed by atoms with E-state index >= 15 is 0 Å². The predicted octanol–water partition coefficient (Wildman–Crippen LogP) is 6.22. The summed E-state index contributed by atoms with van der Waals surface area (Å²) in [7, 11) is 0. The minimum atomic E-state index is -4.39. The van der Waals surface area contributed by atoms with Crippen LogP contribution in [0.1, 0.15) is 42.1 Å². The highest BCUT2D eigenvalue weighted by atomic mass is 19.4. The number of fused-ring (bicyclic) bond motifs is 1. The van der Waals surface area contributed by atoms with Crippen LogP contribution in [0.15, 0.2) is 60.7 Å². The van der Waals surface area contributed by atoms with Crippen molar-refractivity contribution < 1.29 is 27.8 Å². The maximum Gasteiger partial charge on any atom is 0.416 e. The minimum Gasteiger partial charge on any atom is -0.457 e. The summed E-state index contributed by atoms with van der Waals surface area (Å²) in [5, 5.41) is 13.5. The quantitative estimate of drug-likeness (QED) is 0.264. The zero-order valence-corrected chi connectivity index (χ0v) is 18.5. The second-order valence-corrected chi connectivity index (χ2v) is 8.15. The van der Waals surface area contributed by atoms with Crippen molar-refractivity contribution in [1.82, 2.24) is 5.32 Å². The third kappa shape index (κ3) is 7.04. The Labute approximate surface area is 191 Å². The van der Waals surface area contributed by atoms with E-state index < -0.39 is 11.7 Å². The van der Waals surface area contributed by atoms with Gasteiger partial charge in [-0.15, -0.1) is 0 Å². The summed E-state index contributed by atoms with van der Waals surface area (Å²) in [6, 6.07) is 15.4. The number of carbonyl (C=O) groups is 1. The second-order valence-electron chi connectivity index (χ2n) is 8.15. The van der Waals surface area contributed by atoms with Gasteiger partial charge < -0.3 is 15.2 Å². The van der Waals surface area contributed by atoms with E-state index in [1.165, 1.54) is 12.1 Å². The predicted molar refractivity (Wildman–Crippen MR) is 123 cm³/mol. The number of benzene rings is 3. The zero-order chi connectivity index (χ0) is 23.8. The fourth-order valence-electron chi connectivity index (χ4n) is 3.57. The number of nitrogens with one attached hydrogen (secondary N) is 1. The van der Waals surface area contributed by atoms with E-state index in [1.807, 2.05) is 18.2 Å². The molecule has 0 aliphatic heterocycles. The van der Waals surface area contributed by atoms with Crippen LogP contribution < -0.4 is 10.1 Å². The van der Waals surface area contributed by atoms with Crippen molar-refractivity contribution in [1.29, 1.82) is 0 Å². The van der Waals surface area contributed by atoms with Crippen LogP contribution in [-0.2, 0) is 6.18 Å². The van der Waals surface area contributed by atoms with Crippen molar-refractivity contribution in [2.75, 3.05) is 19.7 Å². The van der Waals surface area contributed by atoms with Crippen LogP contribution in [0.25, 0.3) is 10.8 Å². The zero-order valence-electron chi connectivity index (χ0n) is 18.5. The van der Waals surface area contributed by atoms with E-state index in [0.717, 1.165) is 42.3 Å². The maximum atomic E-state index is 12.8. The molecule has 4 nitrogen and oxygen atoms in total. The van der Waals surface area contributed by atoms with Crippen molar-refractivity contribution in [3.05, 3.63) is 71.8 Å². The lowest BCUT2D eigenvalue weighted by atomic mass is 9.96. The molecule has 0 heterocycles. The van der Waals surface area contributed by atoms with Crippen molar-refractivity contribution in [3.8, 4) is 11.5 Å². The highest BCUT2D eigenvalue weighted by Gasteiger charge is 2.30. The van der Waals surface area contributed by atoms with Crippen LogP contribution in [0.3, 0.4) is 0 Å². The van der Waals surface area contributed by atoms with E-state index in [2.05, 4.69) is 12.2 Å². The molecule has 3 rings (SSSR count). The van der Waals surface area contributed by atoms with Gasteiger partial charge in [0.2, 0.25) is 0 Å². The van der Waals surface area contributed by atoms with Crippen LogP contribution in [0, 0.1) is 5.92 Å². The highest BCUT2D eigenvalue weighted by molar-refractivity contribution is 6.01. The smallest absolute Gasteiger partial charge is 0.416 e. The molecule has 3 aromatic carbocycles. The van der Waals surface area contributed by atoms with Gasteiger partial charge in [0.25, 0.3) is 0 Å². The van der Waals surface area contributed by atoms with E-state index in [-0.39, 0.29) is 12.4 Å². The van der Waals surface area contributed by atoms with E-state index in [9.17, 15) is 18.0 Å². The van der Waals surface area contributed by atoms with Gasteiger partial charge in [0, 0.05) is 23.9 Å². The number of alkyl halides is 3. The van der Waals surface area contributed by atoms with Gasteiger partial charge in [0.15, 0.2) is 5.78 Å². The molecule has 0 amide bonds. The Bertz CT molecular complexity index is 1060. The lowest BCUT2D eigenvalue weighted by Crippen LogP contribution is -2.21. The van der Waals surface area contributed by atoms with Gasteiger partial charge in [0.05, 0.1) is 12.2 Å². The molecule has 2 N–H and O–H groups in total. The number of aliphatic hydroxyl groups excluding tert-OH is 1. The largest absolute Gasteiger partial charge is 0.457 e. The molecule has 0 aliphatic rings. The second kappa shape index (κ2) is 11.3. The van der Waals surface area contributed by atoms with E-state index in [4.69, 9.17) is 9.84 Å². The first kappa shape index (κ1) is 24.7. The SMILES string of the molecule is C[C@H](CCNCCO)CCC(=O)c1ccc2c(Oc3ccc(C(F)(F)F)cc3)cccc2c1. The number of aliphatic hydroxyl groups is 1. The molecular formula is C26H28F3NO3. The van der Waals surface area contributed by atoms with Gasteiger partial charge in [-0.2, -0.15) is 13.2 Å². The molecule has 0 aromatic heterocycles. The molecule has 7 heteroatoms. The standard InChI is InChI=1S/C26H28F3NO3/c1-18(13-14-30-15-16-31)5-12-24(32)20-6-11-23-19(17-20)3-2-4-25(23)33-22-9-7-21(8-10-22)26(27,28)29/h2-4,6-11,17-18,30-31H,5,12-16H2,1H3/t18-/m0/s1. The highest BCUT2D eigenvalue weighted by Crippen LogP contribution is 2.34. The van der Waals surface area contributed by atoms with Crippen LogP contribution in [0.2, 0.25) is 0 Å². The Morgan fingerprint density at radius 3 is 2.48 bits per heavy atom. The molecule has 0 radical (unpaired) electrons. The first-order chi connectivity index (χ1) is 15.8. The van der Waals surface area contributed by atoms with Crippen LogP contribution >= 0.6 is 0 Å². The number of rotatable bonds is 11. The lowest BCUT2D eigenvalue weighted by molar-refractivity contribution is -0.137. The number of Topliss-reactive ketones (excluding diaryl/α,β-unsaturated/α-hetero) is 1. The molecular weight excluding hydrogens is 431 g/mol. The van der Waals surface area contributed by atoms with Crippen LogP contribution in [0.4, 0.5) is 13.2 Å². The molecule has 3 aromatic rings. The number of carbonyl (C=O) groups excluding carboxylic acids is 1. The molecule has 0 bridgehead atoms. The van der Waals surface area contributed by atoms with Crippen LogP contribution in [-0.4, -0.2) is 30.6 Å². The maximum absolute atomic E-state index is 12.8. The number of ether oxygens (including phenoxy) is 1. The fraction of sp³-hybridized carbons (Fsp3) is 0.346. The molecule has 0 spiro atoms. The Hall–Kier alpha value is -2.90. The molecule has 33 heavy (non-hydrogen) atoms. The lowest BCUT2D eigenvalue weighted by Gasteiger charge is -2.12. The monoisotopic (exact) mass is 459 g/mol. The summed E-state index contributed by atoms with van der Waals surface area (Å²) in [5.41, 5.74) is -0.105. The van der Waals surface area contributed by atoms with Gasteiger partial charge in [-0.25, -0.2) is 0 Å². The Morgan fingerprint density at radius 1 is 1.03 bits per heavy atom. The van der Waals surface area contributed by atoms with Gasteiger partial charge in [-0.3, -0.25) is 4.79 Å². The Morgan fingerprint density at radius 2 is 1.79 bits per heavy atom. The first-order valence-electron chi connectivity index (χ1n) is 11.0. The summed E-state index contributed by atoms with van der Waals surface area (Å²) in [5.74, 6) is 1.28. The van der Waals surface area contributed by atoms with Crippen molar-refractivity contribution in [2.24, 2.45) is 5.92 Å². The Balaban J connectivity index is 1.65. The van der Waals surface area contributed by atoms with E-state index in [0.29, 0.717) is 35.9 Å². The average molecular weight is 460 g/mol. The number of halogens is 3. The Kier molecular flexibility index (Phi) is 8.47. The van der Waals surface area contributed by atoms with Crippen molar-refractivity contribution >= 4 is 16.6 Å². The molecule has 1 atom stereocenters. The first-order valence-corrected chi connectivity index (χ1v) is 11.0. The normalized spacial score (nSPS) is 12.6. The van der Waals surface area contributed by atoms with Crippen LogP contribution in [0.5, 0.6) is 11.5 Å². The summed E-state index contributed by atoms with van der Waals surface area (Å²) < 4.78 is 44.1. The molecule has 0 unspecified atom stereocenters. The van der Waals surface area contributed by atoms with E-state index in [1.54, 1.807) is 18.2 Å². The van der Waals surface area contributed by atoms with Gasteiger partial charge in [0.1, 0.15) is 11.5 Å². The fourth-order valence-corrected chi connectivity index (χ4v) is 3.57. The third-order valence-corrected chi connectivity index (χ3v) is 5.54. The van der Waals surface area contributed by atoms with Crippen molar-refractivity contribution in [2.45, 2.75) is 32.4 Å². The topological polar surface area (TPSA) is 58.6 Å². The van der Waals surface area contributed by atoms with Gasteiger partial charge >= 0.3 is 6.18 Å². The summed E-state index contributed by atoms with van der Waals surface area (Å²) in [4.78, 5) is 12.7. The molecule has 0 saturated carbocycles. The summed E-state index contributed by atoms with van der Waals surface area (Å²) in [6.07, 6.45) is -2.21. The van der Waals surface area contributed by atoms with Gasteiger partial charge in [-0.05, 0) is 73.2 Å². The molecule has 0 saturated heterocycles. The summed E-state index contributed by atoms with van der Waals surface area (Å²) >= 11 is 0. The van der Waals surface area contributed by atoms with Crippen molar-refractivity contribution in [3.63, 3.8) is 0 Å². The number of hydrogen-bond acceptors (Lipinski definition) is 4. The molecule has 176 valence electrons. The molecule has 0 aliphatic carbocycles.